The Morgan fingerprint density at radius 3 is 2.94 bits per heavy atom. The van der Waals surface area contributed by atoms with Gasteiger partial charge in [-0.05, 0) is 19.1 Å². The van der Waals surface area contributed by atoms with Crippen LogP contribution in [0.25, 0.3) is 11.3 Å². The van der Waals surface area contributed by atoms with Crippen molar-refractivity contribution in [2.24, 2.45) is 0 Å². The normalized spacial score (nSPS) is 11.1. The first-order valence-electron chi connectivity index (χ1n) is 4.86. The quantitative estimate of drug-likeness (QED) is 0.650. The third kappa shape index (κ3) is 1.16. The van der Waals surface area contributed by atoms with Gasteiger partial charge >= 0.3 is 0 Å². The summed E-state index contributed by atoms with van der Waals surface area (Å²) in [5, 5.41) is 4.13. The van der Waals surface area contributed by atoms with E-state index in [-0.39, 0.29) is 5.95 Å². The van der Waals surface area contributed by atoms with E-state index in [1.54, 1.807) is 17.0 Å². The number of fused-ring (bicyclic) bond motifs is 1. The fourth-order valence-corrected chi connectivity index (χ4v) is 1.75. The van der Waals surface area contributed by atoms with Crippen LogP contribution in [0.3, 0.4) is 0 Å². The Hall–Kier alpha value is -2.37. The fraction of sp³-hybridized carbons (Fsp3) is 0.100. The van der Waals surface area contributed by atoms with Crippen LogP contribution in [0.5, 0.6) is 0 Å². The van der Waals surface area contributed by atoms with Crippen molar-refractivity contribution in [1.82, 2.24) is 24.1 Å². The number of imidazole rings is 1. The highest BCUT2D eigenvalue weighted by Crippen LogP contribution is 2.15. The first kappa shape index (κ1) is 8.90. The maximum Gasteiger partial charge on any atom is 0.240 e. The molecule has 0 aromatic carbocycles. The van der Waals surface area contributed by atoms with Crippen molar-refractivity contribution in [3.05, 3.63) is 36.5 Å². The second-order valence-electron chi connectivity index (χ2n) is 3.51. The van der Waals surface area contributed by atoms with E-state index >= 15 is 0 Å². The van der Waals surface area contributed by atoms with E-state index in [0.29, 0.717) is 0 Å². The number of nitrogens with two attached hydrogens (primary N) is 1. The molecule has 6 heteroatoms. The summed E-state index contributed by atoms with van der Waals surface area (Å²) in [4.78, 5) is 8.12. The van der Waals surface area contributed by atoms with Gasteiger partial charge in [0, 0.05) is 12.4 Å². The van der Waals surface area contributed by atoms with Gasteiger partial charge in [0.2, 0.25) is 5.95 Å². The molecule has 0 bridgehead atoms. The Morgan fingerprint density at radius 1 is 1.31 bits per heavy atom. The Balaban J connectivity index is 2.31. The first-order chi connectivity index (χ1) is 7.75. The molecule has 0 atom stereocenters. The molecule has 0 aliphatic rings. The maximum atomic E-state index is 5.57. The number of anilines is 1. The van der Waals surface area contributed by atoms with Crippen molar-refractivity contribution in [2.75, 3.05) is 5.73 Å². The topological polar surface area (TPSA) is 74.0 Å². The van der Waals surface area contributed by atoms with Crippen molar-refractivity contribution in [3.63, 3.8) is 0 Å². The van der Waals surface area contributed by atoms with Gasteiger partial charge in [-0.25, -0.2) is 9.50 Å². The summed E-state index contributed by atoms with van der Waals surface area (Å²) in [6.07, 6.45) is 5.36. The second-order valence-corrected chi connectivity index (χ2v) is 3.51. The first-order valence-corrected chi connectivity index (χ1v) is 4.86. The molecule has 0 fully saturated rings. The zero-order valence-corrected chi connectivity index (χ0v) is 8.70. The lowest BCUT2D eigenvalue weighted by atomic mass is 10.3. The van der Waals surface area contributed by atoms with E-state index < -0.39 is 0 Å². The highest BCUT2D eigenvalue weighted by molar-refractivity contribution is 5.50. The van der Waals surface area contributed by atoms with Crippen LogP contribution < -0.4 is 5.73 Å². The van der Waals surface area contributed by atoms with E-state index in [2.05, 4.69) is 15.1 Å². The van der Waals surface area contributed by atoms with Crippen LogP contribution in [0, 0.1) is 6.92 Å². The van der Waals surface area contributed by atoms with Crippen LogP contribution in [0.1, 0.15) is 5.69 Å². The van der Waals surface area contributed by atoms with E-state index in [4.69, 9.17) is 5.73 Å². The van der Waals surface area contributed by atoms with Gasteiger partial charge in [-0.3, -0.25) is 0 Å². The zero-order chi connectivity index (χ0) is 11.1. The van der Waals surface area contributed by atoms with Gasteiger partial charge in [-0.1, -0.05) is 0 Å². The third-order valence-corrected chi connectivity index (χ3v) is 2.51. The summed E-state index contributed by atoms with van der Waals surface area (Å²) in [6.45, 7) is 1.97. The van der Waals surface area contributed by atoms with Crippen LogP contribution in [-0.2, 0) is 0 Å². The molecule has 0 unspecified atom stereocenters. The molecule has 6 nitrogen and oxygen atoms in total. The Bertz CT molecular complexity index is 637. The smallest absolute Gasteiger partial charge is 0.240 e. The lowest BCUT2D eigenvalue weighted by molar-refractivity contribution is 0.889. The third-order valence-electron chi connectivity index (χ3n) is 2.51. The predicted octanol–water partition coefficient (Wildman–Crippen LogP) is 0.806. The molecule has 0 spiro atoms. The maximum absolute atomic E-state index is 5.57. The van der Waals surface area contributed by atoms with Crippen LogP contribution in [-0.4, -0.2) is 24.1 Å². The minimum atomic E-state index is 0.283. The van der Waals surface area contributed by atoms with Crippen molar-refractivity contribution in [1.29, 1.82) is 0 Å². The molecule has 0 saturated heterocycles. The number of aryl methyl sites for hydroxylation is 1. The SMILES string of the molecule is Cc1c(-n2ccnc2)ccc2nc(N)nn12. The minimum Gasteiger partial charge on any atom is -0.366 e. The van der Waals surface area contributed by atoms with Crippen molar-refractivity contribution in [3.8, 4) is 5.69 Å². The zero-order valence-electron chi connectivity index (χ0n) is 8.70. The van der Waals surface area contributed by atoms with Gasteiger partial charge in [0.15, 0.2) is 5.65 Å². The van der Waals surface area contributed by atoms with E-state index in [1.165, 1.54) is 0 Å². The largest absolute Gasteiger partial charge is 0.366 e. The van der Waals surface area contributed by atoms with Gasteiger partial charge in [0.25, 0.3) is 0 Å². The van der Waals surface area contributed by atoms with Gasteiger partial charge < -0.3 is 10.3 Å². The monoisotopic (exact) mass is 214 g/mol. The molecule has 3 aromatic heterocycles. The number of nitrogen functional groups attached to an aromatic ring is 1. The Labute approximate surface area is 91.4 Å². The van der Waals surface area contributed by atoms with E-state index in [9.17, 15) is 0 Å². The summed E-state index contributed by atoms with van der Waals surface area (Å²) in [6, 6.07) is 3.85. The Morgan fingerprint density at radius 2 is 2.19 bits per heavy atom. The molecule has 0 aliphatic heterocycles. The average Bonchev–Trinajstić information content (AvgIpc) is 2.86. The molecular formula is C10H10N6. The molecule has 0 amide bonds. The number of rotatable bonds is 1. The molecule has 3 rings (SSSR count). The summed E-state index contributed by atoms with van der Waals surface area (Å²) in [5.74, 6) is 0.283. The molecule has 80 valence electrons. The Kier molecular flexibility index (Phi) is 1.70. The van der Waals surface area contributed by atoms with Crippen molar-refractivity contribution in [2.45, 2.75) is 6.92 Å². The highest BCUT2D eigenvalue weighted by Gasteiger charge is 2.07. The number of pyridine rings is 1. The van der Waals surface area contributed by atoms with Gasteiger partial charge in [-0.2, -0.15) is 4.98 Å². The summed E-state index contributed by atoms with van der Waals surface area (Å²) in [5.41, 5.74) is 8.30. The number of hydrogen-bond donors (Lipinski definition) is 1. The lowest BCUT2D eigenvalue weighted by Crippen LogP contribution is -2.01. The molecular weight excluding hydrogens is 204 g/mol. The van der Waals surface area contributed by atoms with Crippen LogP contribution in [0.2, 0.25) is 0 Å². The van der Waals surface area contributed by atoms with Crippen molar-refractivity contribution >= 4 is 11.6 Å². The molecule has 3 heterocycles. The van der Waals surface area contributed by atoms with E-state index in [1.807, 2.05) is 29.8 Å². The van der Waals surface area contributed by atoms with Gasteiger partial charge in [0.1, 0.15) is 0 Å². The van der Waals surface area contributed by atoms with Crippen LogP contribution >= 0.6 is 0 Å². The molecule has 2 N–H and O–H groups in total. The average molecular weight is 214 g/mol. The number of hydrogen-bond acceptors (Lipinski definition) is 4. The molecule has 16 heavy (non-hydrogen) atoms. The number of nitrogens with zero attached hydrogens (tertiary/aromatic N) is 5. The van der Waals surface area contributed by atoms with Gasteiger partial charge in [0.05, 0.1) is 17.7 Å². The minimum absolute atomic E-state index is 0.283. The summed E-state index contributed by atoms with van der Waals surface area (Å²) >= 11 is 0. The standard InChI is InChI=1S/C10H10N6/c1-7-8(15-5-4-12-6-15)2-3-9-13-10(11)14-16(7)9/h2-6H,1H3,(H2,11,14). The summed E-state index contributed by atoms with van der Waals surface area (Å²) < 4.78 is 3.65. The highest BCUT2D eigenvalue weighted by atomic mass is 15.3. The molecule has 0 saturated carbocycles. The second kappa shape index (κ2) is 3.06. The summed E-state index contributed by atoms with van der Waals surface area (Å²) in [7, 11) is 0. The van der Waals surface area contributed by atoms with Gasteiger partial charge in [-0.15, -0.1) is 5.10 Å². The predicted molar refractivity (Wildman–Crippen MR) is 59.3 cm³/mol. The van der Waals surface area contributed by atoms with Crippen LogP contribution in [0.15, 0.2) is 30.9 Å². The van der Waals surface area contributed by atoms with Crippen LogP contribution in [0.4, 0.5) is 5.95 Å². The fourth-order valence-electron chi connectivity index (χ4n) is 1.75. The molecule has 0 aliphatic carbocycles. The molecule has 3 aromatic rings. The van der Waals surface area contributed by atoms with Crippen molar-refractivity contribution < 1.29 is 0 Å². The number of aromatic nitrogens is 5. The molecule has 0 radical (unpaired) electrons. The lowest BCUT2D eigenvalue weighted by Gasteiger charge is -2.07. The van der Waals surface area contributed by atoms with E-state index in [0.717, 1.165) is 17.0 Å².